The molecule has 0 saturated carbocycles. The largest absolute Gasteiger partial charge is 0.340 e. The second kappa shape index (κ2) is 5.83. The first-order valence-electron chi connectivity index (χ1n) is 6.92. The summed E-state index contributed by atoms with van der Waals surface area (Å²) in [6.07, 6.45) is 2.21. The molecule has 0 aromatic carbocycles. The van der Waals surface area contributed by atoms with Gasteiger partial charge in [0.1, 0.15) is 0 Å². The molecular weight excluding hydrogens is 214 g/mol. The van der Waals surface area contributed by atoms with E-state index in [4.69, 9.17) is 0 Å². The molecule has 4 heteroatoms. The van der Waals surface area contributed by atoms with E-state index in [1.165, 1.54) is 0 Å². The van der Waals surface area contributed by atoms with Crippen LogP contribution < -0.4 is 5.32 Å². The Kier molecular flexibility index (Phi) is 4.40. The number of rotatable bonds is 2. The molecule has 2 saturated heterocycles. The van der Waals surface area contributed by atoms with Crippen LogP contribution in [0.5, 0.6) is 0 Å². The van der Waals surface area contributed by atoms with E-state index in [0.717, 1.165) is 52.1 Å². The van der Waals surface area contributed by atoms with Crippen molar-refractivity contribution in [3.8, 4) is 0 Å². The second-order valence-electron chi connectivity index (χ2n) is 5.50. The lowest BCUT2D eigenvalue weighted by atomic mass is 9.98. The summed E-state index contributed by atoms with van der Waals surface area (Å²) in [4.78, 5) is 16.8. The predicted octanol–water partition coefficient (Wildman–Crippen LogP) is 0.539. The van der Waals surface area contributed by atoms with Crippen LogP contribution in [-0.4, -0.2) is 61.0 Å². The van der Waals surface area contributed by atoms with Gasteiger partial charge >= 0.3 is 0 Å². The number of piperidine rings is 1. The quantitative estimate of drug-likeness (QED) is 0.764. The summed E-state index contributed by atoms with van der Waals surface area (Å²) in [6, 6.07) is 0.601. The number of hydrogen-bond donors (Lipinski definition) is 1. The third-order valence-corrected chi connectivity index (χ3v) is 4.00. The van der Waals surface area contributed by atoms with Crippen LogP contribution in [0.2, 0.25) is 0 Å². The van der Waals surface area contributed by atoms with Gasteiger partial charge in [0, 0.05) is 38.8 Å². The first kappa shape index (κ1) is 12.8. The van der Waals surface area contributed by atoms with Crippen molar-refractivity contribution in [3.05, 3.63) is 0 Å². The minimum Gasteiger partial charge on any atom is -0.340 e. The number of amides is 1. The molecule has 2 aliphatic heterocycles. The number of hydrogen-bond acceptors (Lipinski definition) is 3. The molecule has 98 valence electrons. The molecule has 0 unspecified atom stereocenters. The van der Waals surface area contributed by atoms with E-state index in [0.29, 0.717) is 11.9 Å². The van der Waals surface area contributed by atoms with Gasteiger partial charge < -0.3 is 10.2 Å². The summed E-state index contributed by atoms with van der Waals surface area (Å²) >= 11 is 0. The molecule has 1 atom stereocenters. The summed E-state index contributed by atoms with van der Waals surface area (Å²) in [5, 5.41) is 3.32. The van der Waals surface area contributed by atoms with Crippen LogP contribution in [0.25, 0.3) is 0 Å². The molecule has 0 spiro atoms. The second-order valence-corrected chi connectivity index (χ2v) is 5.50. The fourth-order valence-electron chi connectivity index (χ4n) is 2.78. The van der Waals surface area contributed by atoms with E-state index >= 15 is 0 Å². The van der Waals surface area contributed by atoms with Gasteiger partial charge in [-0.15, -0.1) is 0 Å². The lowest BCUT2D eigenvalue weighted by molar-refractivity contribution is -0.138. The minimum absolute atomic E-state index is 0.231. The lowest BCUT2D eigenvalue weighted by Gasteiger charge is -2.38. The maximum Gasteiger partial charge on any atom is 0.227 e. The van der Waals surface area contributed by atoms with Crippen LogP contribution in [0.4, 0.5) is 0 Å². The maximum atomic E-state index is 12.3. The molecule has 2 heterocycles. The fraction of sp³-hybridized carbons (Fsp3) is 0.923. The van der Waals surface area contributed by atoms with Crippen molar-refractivity contribution >= 4 is 5.91 Å². The number of nitrogens with zero attached hydrogens (tertiary/aromatic N) is 2. The number of carbonyl (C=O) groups is 1. The van der Waals surface area contributed by atoms with E-state index < -0.39 is 0 Å². The Labute approximate surface area is 104 Å². The van der Waals surface area contributed by atoms with Crippen LogP contribution in [0.3, 0.4) is 0 Å². The zero-order valence-corrected chi connectivity index (χ0v) is 11.1. The van der Waals surface area contributed by atoms with E-state index in [-0.39, 0.29) is 5.92 Å². The van der Waals surface area contributed by atoms with Crippen LogP contribution in [0.1, 0.15) is 26.7 Å². The molecule has 17 heavy (non-hydrogen) atoms. The lowest BCUT2D eigenvalue weighted by Crippen LogP contribution is -2.53. The highest BCUT2D eigenvalue weighted by molar-refractivity contribution is 5.79. The Bertz CT molecular complexity index is 253. The average Bonchev–Trinajstić information content (AvgIpc) is 2.39. The molecule has 4 nitrogen and oxygen atoms in total. The minimum atomic E-state index is 0.231. The fourth-order valence-corrected chi connectivity index (χ4v) is 2.78. The number of nitrogens with one attached hydrogen (secondary N) is 1. The van der Waals surface area contributed by atoms with Gasteiger partial charge in [-0.3, -0.25) is 9.69 Å². The zero-order chi connectivity index (χ0) is 12.3. The molecule has 2 aliphatic rings. The zero-order valence-electron chi connectivity index (χ0n) is 11.1. The van der Waals surface area contributed by atoms with Crippen LogP contribution in [0.15, 0.2) is 0 Å². The standard InChI is InChI=1S/C13H25N3O/c1-11(2)15-6-8-16(9-7-15)13(17)12-4-3-5-14-10-12/h11-12,14H,3-10H2,1-2H3/t12-/m0/s1. The van der Waals surface area contributed by atoms with Gasteiger partial charge in [0.2, 0.25) is 5.91 Å². The highest BCUT2D eigenvalue weighted by atomic mass is 16.2. The third-order valence-electron chi connectivity index (χ3n) is 4.00. The summed E-state index contributed by atoms with van der Waals surface area (Å²) < 4.78 is 0. The van der Waals surface area contributed by atoms with Crippen molar-refractivity contribution in [1.29, 1.82) is 0 Å². The van der Waals surface area contributed by atoms with E-state index in [1.807, 2.05) is 0 Å². The van der Waals surface area contributed by atoms with Gasteiger partial charge in [-0.1, -0.05) is 0 Å². The van der Waals surface area contributed by atoms with Gasteiger partial charge in [-0.05, 0) is 33.2 Å². The number of carbonyl (C=O) groups excluding carboxylic acids is 1. The highest BCUT2D eigenvalue weighted by Gasteiger charge is 2.28. The van der Waals surface area contributed by atoms with Crippen LogP contribution in [0, 0.1) is 5.92 Å². The van der Waals surface area contributed by atoms with Gasteiger partial charge in [0.25, 0.3) is 0 Å². The highest BCUT2D eigenvalue weighted by Crippen LogP contribution is 2.15. The Morgan fingerprint density at radius 3 is 2.47 bits per heavy atom. The molecule has 2 fully saturated rings. The average molecular weight is 239 g/mol. The Balaban J connectivity index is 1.81. The molecule has 0 bridgehead atoms. The SMILES string of the molecule is CC(C)N1CCN(C(=O)[C@H]2CCCNC2)CC1. The molecule has 0 aliphatic carbocycles. The maximum absolute atomic E-state index is 12.3. The topological polar surface area (TPSA) is 35.6 Å². The number of piperazine rings is 1. The Morgan fingerprint density at radius 1 is 1.24 bits per heavy atom. The first-order valence-corrected chi connectivity index (χ1v) is 6.92. The molecule has 0 aromatic heterocycles. The van der Waals surface area contributed by atoms with Crippen molar-refractivity contribution in [2.45, 2.75) is 32.7 Å². The molecule has 1 amide bonds. The van der Waals surface area contributed by atoms with Crippen LogP contribution in [-0.2, 0) is 4.79 Å². The first-order chi connectivity index (χ1) is 8.18. The normalized spacial score (nSPS) is 27.5. The summed E-state index contributed by atoms with van der Waals surface area (Å²) in [5.41, 5.74) is 0. The van der Waals surface area contributed by atoms with Gasteiger partial charge in [-0.25, -0.2) is 0 Å². The molecular formula is C13H25N3O. The molecule has 1 N–H and O–H groups in total. The Morgan fingerprint density at radius 2 is 1.94 bits per heavy atom. The third kappa shape index (κ3) is 3.19. The van der Waals surface area contributed by atoms with Gasteiger partial charge in [-0.2, -0.15) is 0 Å². The van der Waals surface area contributed by atoms with Crippen molar-refractivity contribution in [1.82, 2.24) is 15.1 Å². The van der Waals surface area contributed by atoms with Gasteiger partial charge in [0.05, 0.1) is 5.92 Å². The predicted molar refractivity (Wildman–Crippen MR) is 68.9 cm³/mol. The summed E-state index contributed by atoms with van der Waals surface area (Å²) in [7, 11) is 0. The monoisotopic (exact) mass is 239 g/mol. The summed E-state index contributed by atoms with van der Waals surface area (Å²) in [5.74, 6) is 0.606. The van der Waals surface area contributed by atoms with Crippen molar-refractivity contribution in [2.24, 2.45) is 5.92 Å². The smallest absolute Gasteiger partial charge is 0.227 e. The van der Waals surface area contributed by atoms with Crippen LogP contribution >= 0.6 is 0 Å². The molecule has 0 radical (unpaired) electrons. The van der Waals surface area contributed by atoms with E-state index in [9.17, 15) is 4.79 Å². The Hall–Kier alpha value is -0.610. The van der Waals surface area contributed by atoms with E-state index in [2.05, 4.69) is 29.0 Å². The van der Waals surface area contributed by atoms with E-state index in [1.54, 1.807) is 0 Å². The van der Waals surface area contributed by atoms with Crippen molar-refractivity contribution in [3.63, 3.8) is 0 Å². The van der Waals surface area contributed by atoms with Crippen molar-refractivity contribution in [2.75, 3.05) is 39.3 Å². The molecule has 2 rings (SSSR count). The molecule has 0 aromatic rings. The van der Waals surface area contributed by atoms with Gasteiger partial charge in [0.15, 0.2) is 0 Å². The van der Waals surface area contributed by atoms with Crippen molar-refractivity contribution < 1.29 is 4.79 Å². The summed E-state index contributed by atoms with van der Waals surface area (Å²) in [6.45, 7) is 10.3.